The fourth-order valence-corrected chi connectivity index (χ4v) is 6.53. The van der Waals surface area contributed by atoms with Gasteiger partial charge >= 0.3 is 0 Å². The number of benzene rings is 2. The third kappa shape index (κ3) is 3.81. The van der Waals surface area contributed by atoms with E-state index in [0.29, 0.717) is 27.0 Å². The van der Waals surface area contributed by atoms with Crippen LogP contribution in [0.3, 0.4) is 0 Å². The van der Waals surface area contributed by atoms with Crippen molar-refractivity contribution in [3.63, 3.8) is 0 Å². The molecule has 178 valence electrons. The number of hydrogen-bond acceptors (Lipinski definition) is 8. The molecule has 4 aromatic rings. The third-order valence-corrected chi connectivity index (χ3v) is 8.07. The van der Waals surface area contributed by atoms with Gasteiger partial charge in [-0.25, -0.2) is 9.97 Å². The zero-order valence-electron chi connectivity index (χ0n) is 19.9. The van der Waals surface area contributed by atoms with E-state index >= 15 is 0 Å². The van der Waals surface area contributed by atoms with Gasteiger partial charge in [0.15, 0.2) is 10.9 Å². The number of carbonyl (C=O) groups is 2. The van der Waals surface area contributed by atoms with Gasteiger partial charge in [-0.05, 0) is 62.6 Å². The number of rotatable bonds is 5. The quantitative estimate of drug-likeness (QED) is 0.346. The molecule has 1 aliphatic rings. The second-order valence-corrected chi connectivity index (χ2v) is 10.7. The highest BCUT2D eigenvalue weighted by atomic mass is 32.1. The van der Waals surface area contributed by atoms with Crippen molar-refractivity contribution in [3.05, 3.63) is 80.0 Å². The van der Waals surface area contributed by atoms with Crippen LogP contribution in [0.25, 0.3) is 10.2 Å². The maximum Gasteiger partial charge on any atom is 0.296 e. The van der Waals surface area contributed by atoms with Gasteiger partial charge in [0.25, 0.3) is 5.91 Å². The molecule has 35 heavy (non-hydrogen) atoms. The fourth-order valence-electron chi connectivity index (χ4n) is 4.49. The number of aryl methyl sites for hydroxylation is 4. The number of ether oxygens (including phenoxy) is 1. The van der Waals surface area contributed by atoms with Crippen molar-refractivity contribution in [2.75, 3.05) is 12.0 Å². The van der Waals surface area contributed by atoms with Crippen molar-refractivity contribution in [2.24, 2.45) is 0 Å². The average Bonchev–Trinajstić information content (AvgIpc) is 3.47. The first-order valence-electron chi connectivity index (χ1n) is 11.0. The lowest BCUT2D eigenvalue weighted by atomic mass is 9.95. The summed E-state index contributed by atoms with van der Waals surface area (Å²) < 4.78 is 6.33. The van der Waals surface area contributed by atoms with Gasteiger partial charge in [-0.3, -0.25) is 14.5 Å². The highest BCUT2D eigenvalue weighted by molar-refractivity contribution is 7.22. The smallest absolute Gasteiger partial charge is 0.296 e. The molecular formula is C26H23N3O4S2. The molecule has 0 saturated heterocycles. The third-order valence-electron chi connectivity index (χ3n) is 6.00. The Hall–Kier alpha value is -3.56. The highest BCUT2D eigenvalue weighted by Gasteiger charge is 2.46. The molecule has 5 rings (SSSR count). The molecule has 2 aromatic heterocycles. The molecule has 0 aliphatic carbocycles. The van der Waals surface area contributed by atoms with Gasteiger partial charge in [0.05, 0.1) is 44.5 Å². The number of thiazole rings is 2. The molecule has 0 fully saturated rings. The van der Waals surface area contributed by atoms with Gasteiger partial charge in [-0.2, -0.15) is 0 Å². The number of nitrogens with zero attached hydrogens (tertiary/aromatic N) is 3. The number of aliphatic hydroxyl groups is 1. The average molecular weight is 506 g/mol. The van der Waals surface area contributed by atoms with Crippen molar-refractivity contribution in [1.82, 2.24) is 9.97 Å². The molecule has 3 heterocycles. The van der Waals surface area contributed by atoms with Gasteiger partial charge in [-0.1, -0.05) is 29.5 Å². The maximum atomic E-state index is 13.7. The Morgan fingerprint density at radius 3 is 2.54 bits per heavy atom. The predicted molar refractivity (Wildman–Crippen MR) is 138 cm³/mol. The Labute approximate surface area is 210 Å². The van der Waals surface area contributed by atoms with Crippen LogP contribution in [0, 0.1) is 27.7 Å². The van der Waals surface area contributed by atoms with E-state index in [1.165, 1.54) is 27.6 Å². The van der Waals surface area contributed by atoms with Crippen molar-refractivity contribution in [3.8, 4) is 5.75 Å². The molecular weight excluding hydrogens is 482 g/mol. The van der Waals surface area contributed by atoms with Crippen LogP contribution in [0.2, 0.25) is 0 Å². The minimum Gasteiger partial charge on any atom is -0.503 e. The number of amides is 1. The number of hydrogen-bond donors (Lipinski definition) is 1. The highest BCUT2D eigenvalue weighted by Crippen LogP contribution is 2.45. The molecule has 9 heteroatoms. The number of fused-ring (bicyclic) bond motifs is 1. The molecule has 0 spiro atoms. The number of Topliss-reactive ketones (excluding diaryl/α,β-unsaturated/α-hetero) is 1. The van der Waals surface area contributed by atoms with E-state index in [-0.39, 0.29) is 5.57 Å². The topological polar surface area (TPSA) is 92.6 Å². The number of carbonyl (C=O) groups excluding carboxylic acids is 2. The molecule has 1 aliphatic heterocycles. The van der Waals surface area contributed by atoms with E-state index in [2.05, 4.69) is 4.98 Å². The molecule has 2 aromatic carbocycles. The van der Waals surface area contributed by atoms with Gasteiger partial charge in [0, 0.05) is 0 Å². The van der Waals surface area contributed by atoms with E-state index in [9.17, 15) is 14.7 Å². The van der Waals surface area contributed by atoms with Crippen LogP contribution in [0.4, 0.5) is 5.13 Å². The first-order chi connectivity index (χ1) is 16.7. The van der Waals surface area contributed by atoms with Crippen molar-refractivity contribution in [1.29, 1.82) is 0 Å². The van der Waals surface area contributed by atoms with Gasteiger partial charge in [0.1, 0.15) is 5.75 Å². The first kappa shape index (κ1) is 23.2. The second kappa shape index (κ2) is 8.58. The number of aromatic nitrogens is 2. The summed E-state index contributed by atoms with van der Waals surface area (Å²) in [6.45, 7) is 7.56. The van der Waals surface area contributed by atoms with Crippen LogP contribution < -0.4 is 9.64 Å². The lowest BCUT2D eigenvalue weighted by Gasteiger charge is -2.24. The molecule has 7 nitrogen and oxygen atoms in total. The van der Waals surface area contributed by atoms with Crippen LogP contribution in [-0.4, -0.2) is 33.9 Å². The van der Waals surface area contributed by atoms with E-state index in [4.69, 9.17) is 9.72 Å². The molecule has 1 unspecified atom stereocenters. The fraction of sp³-hybridized carbons (Fsp3) is 0.231. The van der Waals surface area contributed by atoms with E-state index < -0.39 is 23.5 Å². The Balaban J connectivity index is 1.71. The lowest BCUT2D eigenvalue weighted by molar-refractivity contribution is -0.117. The number of ketones is 1. The second-order valence-electron chi connectivity index (χ2n) is 8.52. The Bertz CT molecular complexity index is 1550. The SMILES string of the molecule is COc1cccc(C2C(C(=O)c3sc(C)nc3C)=C(O)C(=O)N2c2nc3c(C)cc(C)cc3s2)c1. The van der Waals surface area contributed by atoms with E-state index in [1.54, 1.807) is 32.2 Å². The largest absolute Gasteiger partial charge is 0.503 e. The Kier molecular flexibility index (Phi) is 5.69. The number of methoxy groups -OCH3 is 1. The molecule has 1 amide bonds. The minimum absolute atomic E-state index is 0.0159. The minimum atomic E-state index is -0.867. The van der Waals surface area contributed by atoms with Crippen LogP contribution in [0.1, 0.15) is 43.1 Å². The van der Waals surface area contributed by atoms with Gasteiger partial charge < -0.3 is 9.84 Å². The molecule has 1 N–H and O–H groups in total. The maximum absolute atomic E-state index is 13.7. The van der Waals surface area contributed by atoms with E-state index in [1.807, 2.05) is 39.0 Å². The van der Waals surface area contributed by atoms with Crippen LogP contribution in [0.5, 0.6) is 5.75 Å². The summed E-state index contributed by atoms with van der Waals surface area (Å²) in [5.74, 6) is -1.06. The summed E-state index contributed by atoms with van der Waals surface area (Å²) in [6, 6.07) is 10.4. The van der Waals surface area contributed by atoms with Crippen molar-refractivity contribution >= 4 is 49.7 Å². The number of aliphatic hydroxyl groups excluding tert-OH is 1. The standard InChI is InChI=1S/C26H23N3O4S2/c1-12-9-13(2)20-18(10-12)35-26(28-20)29-21(16-7-6-8-17(11-16)33-5)19(23(31)25(29)32)22(30)24-14(3)27-15(4)34-24/h6-11,21,31H,1-5H3. The summed E-state index contributed by atoms with van der Waals surface area (Å²) in [5.41, 5.74) is 4.10. The van der Waals surface area contributed by atoms with Crippen LogP contribution in [-0.2, 0) is 4.79 Å². The molecule has 0 saturated carbocycles. The predicted octanol–water partition coefficient (Wildman–Crippen LogP) is 5.78. The van der Waals surface area contributed by atoms with Crippen molar-refractivity contribution < 1.29 is 19.4 Å². The van der Waals surface area contributed by atoms with Crippen molar-refractivity contribution in [2.45, 2.75) is 33.7 Å². The summed E-state index contributed by atoms with van der Waals surface area (Å²) in [4.78, 5) is 38.2. The zero-order chi connectivity index (χ0) is 25.0. The number of anilines is 1. The van der Waals surface area contributed by atoms with E-state index in [0.717, 1.165) is 26.4 Å². The summed E-state index contributed by atoms with van der Waals surface area (Å²) in [6.07, 6.45) is 0. The monoisotopic (exact) mass is 505 g/mol. The van der Waals surface area contributed by atoms with Crippen LogP contribution in [0.15, 0.2) is 47.7 Å². The van der Waals surface area contributed by atoms with Gasteiger partial charge in [0.2, 0.25) is 5.78 Å². The Morgan fingerprint density at radius 2 is 1.86 bits per heavy atom. The summed E-state index contributed by atoms with van der Waals surface area (Å²) >= 11 is 2.61. The van der Waals surface area contributed by atoms with Crippen LogP contribution >= 0.6 is 22.7 Å². The first-order valence-corrected chi connectivity index (χ1v) is 12.6. The molecule has 0 bridgehead atoms. The zero-order valence-corrected chi connectivity index (χ0v) is 21.5. The molecule has 1 atom stereocenters. The summed E-state index contributed by atoms with van der Waals surface area (Å²) in [7, 11) is 1.55. The Morgan fingerprint density at radius 1 is 1.09 bits per heavy atom. The normalized spacial score (nSPS) is 16.0. The molecule has 0 radical (unpaired) electrons. The van der Waals surface area contributed by atoms with Gasteiger partial charge in [-0.15, -0.1) is 11.3 Å². The summed E-state index contributed by atoms with van der Waals surface area (Å²) in [5, 5.41) is 12.2. The lowest BCUT2D eigenvalue weighted by Crippen LogP contribution is -2.31.